The fourth-order valence-electron chi connectivity index (χ4n) is 1.32. The molecule has 2 aromatic rings. The van der Waals surface area contributed by atoms with E-state index in [9.17, 15) is 0 Å². The second-order valence-electron chi connectivity index (χ2n) is 3.30. The predicted octanol–water partition coefficient (Wildman–Crippen LogP) is 1.68. The van der Waals surface area contributed by atoms with Gasteiger partial charge in [0.25, 0.3) is 0 Å². The number of para-hydroxylation sites is 2. The molecule has 16 heavy (non-hydrogen) atoms. The first kappa shape index (κ1) is 10.4. The van der Waals surface area contributed by atoms with Crippen LogP contribution in [0.2, 0.25) is 0 Å². The summed E-state index contributed by atoms with van der Waals surface area (Å²) in [5.41, 5.74) is 6.39. The molecule has 0 saturated carbocycles. The number of anilines is 1. The Hall–Kier alpha value is -2.10. The van der Waals surface area contributed by atoms with E-state index in [0.717, 1.165) is 5.82 Å². The molecule has 2 rings (SSSR count). The van der Waals surface area contributed by atoms with Gasteiger partial charge >= 0.3 is 0 Å². The van der Waals surface area contributed by atoms with E-state index in [1.807, 2.05) is 24.3 Å². The molecule has 0 atom stereocenters. The molecule has 2 N–H and O–H groups in total. The third-order valence-corrected chi connectivity index (χ3v) is 2.12. The van der Waals surface area contributed by atoms with Gasteiger partial charge in [-0.1, -0.05) is 12.1 Å². The molecule has 0 spiro atoms. The highest BCUT2D eigenvalue weighted by Gasteiger charge is 1.99. The van der Waals surface area contributed by atoms with Crippen molar-refractivity contribution in [1.29, 1.82) is 0 Å². The van der Waals surface area contributed by atoms with Crippen molar-refractivity contribution in [1.82, 2.24) is 9.97 Å². The Balaban J connectivity index is 1.87. The number of benzene rings is 1. The molecule has 0 bridgehead atoms. The Bertz CT molecular complexity index is 445. The van der Waals surface area contributed by atoms with E-state index >= 15 is 0 Å². The van der Waals surface area contributed by atoms with Crippen LogP contribution in [0, 0.1) is 0 Å². The average molecular weight is 215 g/mol. The van der Waals surface area contributed by atoms with Crippen LogP contribution in [0.5, 0.6) is 5.75 Å². The molecule has 0 amide bonds. The van der Waals surface area contributed by atoms with Crippen LogP contribution in [0.25, 0.3) is 0 Å². The minimum Gasteiger partial charge on any atom is -0.491 e. The molecule has 0 aliphatic carbocycles. The zero-order valence-corrected chi connectivity index (χ0v) is 8.84. The van der Waals surface area contributed by atoms with E-state index < -0.39 is 0 Å². The predicted molar refractivity (Wildman–Crippen MR) is 62.1 cm³/mol. The summed E-state index contributed by atoms with van der Waals surface area (Å²) in [6.07, 6.45) is 4.12. The summed E-state index contributed by atoms with van der Waals surface area (Å²) >= 11 is 0. The van der Waals surface area contributed by atoms with E-state index in [-0.39, 0.29) is 0 Å². The maximum Gasteiger partial charge on any atom is 0.142 e. The molecule has 0 aliphatic heterocycles. The Morgan fingerprint density at radius 1 is 1.06 bits per heavy atom. The third kappa shape index (κ3) is 2.70. The highest BCUT2D eigenvalue weighted by molar-refractivity contribution is 5.51. The van der Waals surface area contributed by atoms with Gasteiger partial charge < -0.3 is 10.5 Å². The van der Waals surface area contributed by atoms with Gasteiger partial charge in [0.05, 0.1) is 12.3 Å². The minimum atomic E-state index is 0.526. The largest absolute Gasteiger partial charge is 0.491 e. The molecule has 1 aromatic carbocycles. The molecular formula is C12H13N3O. The molecule has 0 radical (unpaired) electrons. The maximum absolute atomic E-state index is 5.74. The van der Waals surface area contributed by atoms with Crippen molar-refractivity contribution >= 4 is 5.69 Å². The van der Waals surface area contributed by atoms with Crippen LogP contribution in [0.4, 0.5) is 5.69 Å². The Morgan fingerprint density at radius 2 is 1.81 bits per heavy atom. The van der Waals surface area contributed by atoms with Gasteiger partial charge in [-0.25, -0.2) is 9.97 Å². The zero-order chi connectivity index (χ0) is 11.2. The molecule has 1 heterocycles. The fourth-order valence-corrected chi connectivity index (χ4v) is 1.32. The quantitative estimate of drug-likeness (QED) is 0.788. The molecule has 1 aromatic heterocycles. The van der Waals surface area contributed by atoms with Gasteiger partial charge in [-0.3, -0.25) is 0 Å². The summed E-state index contributed by atoms with van der Waals surface area (Å²) in [4.78, 5) is 8.22. The Kier molecular flexibility index (Phi) is 3.33. The monoisotopic (exact) mass is 215 g/mol. The number of ether oxygens (including phenoxy) is 1. The highest BCUT2D eigenvalue weighted by atomic mass is 16.5. The molecule has 0 fully saturated rings. The van der Waals surface area contributed by atoms with Crippen LogP contribution in [0.1, 0.15) is 5.82 Å². The van der Waals surface area contributed by atoms with Crippen LogP contribution in [-0.4, -0.2) is 16.6 Å². The molecule has 4 heteroatoms. The van der Waals surface area contributed by atoms with E-state index in [2.05, 4.69) is 9.97 Å². The van der Waals surface area contributed by atoms with Crippen molar-refractivity contribution < 1.29 is 4.74 Å². The lowest BCUT2D eigenvalue weighted by atomic mass is 10.3. The van der Waals surface area contributed by atoms with Crippen LogP contribution in [0.3, 0.4) is 0 Å². The van der Waals surface area contributed by atoms with Gasteiger partial charge in [-0.05, 0) is 18.2 Å². The van der Waals surface area contributed by atoms with Crippen molar-refractivity contribution in [2.45, 2.75) is 6.42 Å². The molecule has 0 unspecified atom stereocenters. The second-order valence-corrected chi connectivity index (χ2v) is 3.30. The Morgan fingerprint density at radius 3 is 2.56 bits per heavy atom. The van der Waals surface area contributed by atoms with E-state index in [1.165, 1.54) is 0 Å². The van der Waals surface area contributed by atoms with Crippen LogP contribution in [0.15, 0.2) is 42.7 Å². The number of hydrogen-bond donors (Lipinski definition) is 1. The number of aromatic nitrogens is 2. The standard InChI is InChI=1S/C12H13N3O/c13-10-4-1-2-5-11(10)16-9-6-12-14-7-3-8-15-12/h1-5,7-8H,6,9,13H2. The van der Waals surface area contributed by atoms with Gasteiger partial charge in [0, 0.05) is 18.8 Å². The number of nitrogens with two attached hydrogens (primary N) is 1. The molecule has 4 nitrogen and oxygen atoms in total. The van der Waals surface area contributed by atoms with Gasteiger partial charge in [-0.15, -0.1) is 0 Å². The summed E-state index contributed by atoms with van der Waals surface area (Å²) in [6, 6.07) is 9.22. The van der Waals surface area contributed by atoms with Crippen molar-refractivity contribution in [3.8, 4) is 5.75 Å². The first-order valence-corrected chi connectivity index (χ1v) is 5.09. The lowest BCUT2D eigenvalue weighted by molar-refractivity contribution is 0.320. The lowest BCUT2D eigenvalue weighted by Crippen LogP contribution is -2.05. The van der Waals surface area contributed by atoms with Crippen molar-refractivity contribution in [3.05, 3.63) is 48.5 Å². The second kappa shape index (κ2) is 5.11. The van der Waals surface area contributed by atoms with Crippen molar-refractivity contribution in [2.75, 3.05) is 12.3 Å². The molecule has 0 aliphatic rings. The summed E-state index contributed by atoms with van der Waals surface area (Å²) in [7, 11) is 0. The van der Waals surface area contributed by atoms with Crippen LogP contribution < -0.4 is 10.5 Å². The molecule has 0 saturated heterocycles. The topological polar surface area (TPSA) is 61.0 Å². The molecular weight excluding hydrogens is 202 g/mol. The molecule has 82 valence electrons. The lowest BCUT2D eigenvalue weighted by Gasteiger charge is -2.07. The smallest absolute Gasteiger partial charge is 0.142 e. The number of nitrogen functional groups attached to an aromatic ring is 1. The summed E-state index contributed by atoms with van der Waals surface area (Å²) in [6.45, 7) is 0.526. The summed E-state index contributed by atoms with van der Waals surface area (Å²) in [5.74, 6) is 1.48. The van der Waals surface area contributed by atoms with Crippen molar-refractivity contribution in [3.63, 3.8) is 0 Å². The fraction of sp³-hybridized carbons (Fsp3) is 0.167. The van der Waals surface area contributed by atoms with Crippen LogP contribution in [-0.2, 0) is 6.42 Å². The van der Waals surface area contributed by atoms with Crippen molar-refractivity contribution in [2.24, 2.45) is 0 Å². The van der Waals surface area contributed by atoms with Gasteiger partial charge in [0.2, 0.25) is 0 Å². The summed E-state index contributed by atoms with van der Waals surface area (Å²) in [5, 5.41) is 0. The normalized spacial score (nSPS) is 10.0. The minimum absolute atomic E-state index is 0.526. The van der Waals surface area contributed by atoms with Crippen LogP contribution >= 0.6 is 0 Å². The average Bonchev–Trinajstić information content (AvgIpc) is 2.33. The SMILES string of the molecule is Nc1ccccc1OCCc1ncccn1. The third-order valence-electron chi connectivity index (χ3n) is 2.12. The Labute approximate surface area is 94.1 Å². The highest BCUT2D eigenvalue weighted by Crippen LogP contribution is 2.19. The first-order chi connectivity index (χ1) is 7.86. The number of hydrogen-bond acceptors (Lipinski definition) is 4. The summed E-state index contributed by atoms with van der Waals surface area (Å²) < 4.78 is 5.54. The first-order valence-electron chi connectivity index (χ1n) is 5.09. The number of rotatable bonds is 4. The van der Waals surface area contributed by atoms with Gasteiger partial charge in [0.15, 0.2) is 0 Å². The van der Waals surface area contributed by atoms with E-state index in [1.54, 1.807) is 18.5 Å². The van der Waals surface area contributed by atoms with Gasteiger partial charge in [-0.2, -0.15) is 0 Å². The zero-order valence-electron chi connectivity index (χ0n) is 8.84. The maximum atomic E-state index is 5.74. The number of nitrogens with zero attached hydrogens (tertiary/aromatic N) is 2. The van der Waals surface area contributed by atoms with E-state index in [4.69, 9.17) is 10.5 Å². The van der Waals surface area contributed by atoms with Gasteiger partial charge in [0.1, 0.15) is 11.6 Å². The van der Waals surface area contributed by atoms with E-state index in [0.29, 0.717) is 24.5 Å².